The molecule has 16 heavy (non-hydrogen) atoms. The van der Waals surface area contributed by atoms with E-state index in [2.05, 4.69) is 4.90 Å². The molecule has 0 bridgehead atoms. The smallest absolute Gasteiger partial charge is 0.306 e. The molecule has 0 radical (unpaired) electrons. The predicted molar refractivity (Wildman–Crippen MR) is 58.0 cm³/mol. The highest BCUT2D eigenvalue weighted by atomic mass is 16.4. The van der Waals surface area contributed by atoms with E-state index in [1.165, 1.54) is 6.42 Å². The molecule has 2 saturated heterocycles. The van der Waals surface area contributed by atoms with Crippen molar-refractivity contribution in [3.63, 3.8) is 0 Å². The number of nitrogens with zero attached hydrogens (tertiary/aromatic N) is 1. The summed E-state index contributed by atoms with van der Waals surface area (Å²) < 4.78 is 0. The van der Waals surface area contributed by atoms with E-state index in [1.54, 1.807) is 0 Å². The van der Waals surface area contributed by atoms with Crippen LogP contribution in [0.25, 0.3) is 0 Å². The molecule has 3 fully saturated rings. The fraction of sp³-hybridized carbons (Fsp3) is 0.917. The molecule has 0 spiro atoms. The summed E-state index contributed by atoms with van der Waals surface area (Å²) in [6.07, 6.45) is 4.41. The second-order valence-corrected chi connectivity index (χ2v) is 5.52. The average Bonchev–Trinajstić information content (AvgIpc) is 2.83. The minimum atomic E-state index is -0.683. The molecular formula is C12H19NO3. The van der Waals surface area contributed by atoms with Crippen LogP contribution in [0.2, 0.25) is 0 Å². The summed E-state index contributed by atoms with van der Waals surface area (Å²) >= 11 is 0. The number of aliphatic hydroxyl groups is 1. The zero-order valence-electron chi connectivity index (χ0n) is 9.38. The van der Waals surface area contributed by atoms with Gasteiger partial charge in [0.1, 0.15) is 0 Å². The topological polar surface area (TPSA) is 60.8 Å². The summed E-state index contributed by atoms with van der Waals surface area (Å²) in [6.45, 7) is 1.10. The van der Waals surface area contributed by atoms with Crippen molar-refractivity contribution in [1.82, 2.24) is 4.90 Å². The van der Waals surface area contributed by atoms with E-state index in [0.717, 1.165) is 25.8 Å². The largest absolute Gasteiger partial charge is 0.481 e. The van der Waals surface area contributed by atoms with Gasteiger partial charge in [0.15, 0.2) is 0 Å². The van der Waals surface area contributed by atoms with Gasteiger partial charge in [0.05, 0.1) is 12.0 Å². The van der Waals surface area contributed by atoms with Crippen molar-refractivity contribution < 1.29 is 15.0 Å². The summed E-state index contributed by atoms with van der Waals surface area (Å²) in [5.74, 6) is -0.700. The monoisotopic (exact) mass is 225 g/mol. The van der Waals surface area contributed by atoms with Gasteiger partial charge in [0.25, 0.3) is 0 Å². The average molecular weight is 225 g/mol. The normalized spacial score (nSPS) is 47.7. The number of carboxylic acids is 1. The summed E-state index contributed by atoms with van der Waals surface area (Å²) in [7, 11) is 0. The van der Waals surface area contributed by atoms with Crippen LogP contribution < -0.4 is 0 Å². The van der Waals surface area contributed by atoms with Gasteiger partial charge in [-0.15, -0.1) is 0 Å². The number of fused-ring (bicyclic) bond motifs is 3. The SMILES string of the molecule is O=C(O)[C@@H]1CC[C@@H]2[C@H](C1)[C@H](O)[C@H]1CCCN12. The van der Waals surface area contributed by atoms with Crippen LogP contribution in [-0.2, 0) is 4.79 Å². The Balaban J connectivity index is 1.77. The minimum absolute atomic E-state index is 0.208. The minimum Gasteiger partial charge on any atom is -0.481 e. The maximum atomic E-state index is 11.0. The van der Waals surface area contributed by atoms with Crippen molar-refractivity contribution in [1.29, 1.82) is 0 Å². The van der Waals surface area contributed by atoms with Crippen LogP contribution in [0, 0.1) is 11.8 Å². The van der Waals surface area contributed by atoms with E-state index in [0.29, 0.717) is 18.5 Å². The van der Waals surface area contributed by atoms with Crippen LogP contribution in [0.4, 0.5) is 0 Å². The number of aliphatic carboxylic acids is 1. The number of rotatable bonds is 1. The van der Waals surface area contributed by atoms with Crippen molar-refractivity contribution in [2.24, 2.45) is 11.8 Å². The predicted octanol–water partition coefficient (Wildman–Crippen LogP) is 0.695. The maximum Gasteiger partial charge on any atom is 0.306 e. The van der Waals surface area contributed by atoms with Gasteiger partial charge in [-0.3, -0.25) is 9.69 Å². The fourth-order valence-electron chi connectivity index (χ4n) is 4.07. The zero-order chi connectivity index (χ0) is 11.3. The van der Waals surface area contributed by atoms with Crippen molar-refractivity contribution >= 4 is 5.97 Å². The second-order valence-electron chi connectivity index (χ2n) is 5.52. The Hall–Kier alpha value is -0.610. The molecule has 3 rings (SSSR count). The molecule has 0 unspecified atom stereocenters. The molecule has 0 aromatic carbocycles. The van der Waals surface area contributed by atoms with Gasteiger partial charge < -0.3 is 10.2 Å². The standard InChI is InChI=1S/C12H19NO3/c14-11-8-6-7(12(15)16)3-4-9(8)13-5-1-2-10(11)13/h7-11,14H,1-6H2,(H,15,16)/t7-,8+,9-,10-,11+/m1/s1. The van der Waals surface area contributed by atoms with Gasteiger partial charge in [-0.05, 0) is 38.6 Å². The van der Waals surface area contributed by atoms with Gasteiger partial charge in [-0.1, -0.05) is 0 Å². The highest BCUT2D eigenvalue weighted by Crippen LogP contribution is 2.45. The Morgan fingerprint density at radius 1 is 1.19 bits per heavy atom. The third-order valence-electron chi connectivity index (χ3n) is 4.81. The Morgan fingerprint density at radius 3 is 2.75 bits per heavy atom. The van der Waals surface area contributed by atoms with Crippen molar-refractivity contribution in [2.75, 3.05) is 6.54 Å². The first kappa shape index (κ1) is 10.5. The molecule has 5 atom stereocenters. The molecule has 0 aromatic heterocycles. The lowest BCUT2D eigenvalue weighted by Gasteiger charge is -2.33. The van der Waals surface area contributed by atoms with E-state index in [-0.39, 0.29) is 17.9 Å². The van der Waals surface area contributed by atoms with Crippen LogP contribution >= 0.6 is 0 Å². The van der Waals surface area contributed by atoms with E-state index in [4.69, 9.17) is 5.11 Å². The molecule has 4 nitrogen and oxygen atoms in total. The molecule has 1 aliphatic carbocycles. The maximum absolute atomic E-state index is 11.0. The third kappa shape index (κ3) is 1.39. The van der Waals surface area contributed by atoms with Gasteiger partial charge in [0, 0.05) is 18.0 Å². The second kappa shape index (κ2) is 3.70. The van der Waals surface area contributed by atoms with E-state index in [1.807, 2.05) is 0 Å². The molecular weight excluding hydrogens is 206 g/mol. The van der Waals surface area contributed by atoms with E-state index >= 15 is 0 Å². The Kier molecular flexibility index (Phi) is 2.44. The van der Waals surface area contributed by atoms with Gasteiger partial charge in [-0.2, -0.15) is 0 Å². The summed E-state index contributed by atoms with van der Waals surface area (Å²) in [5, 5.41) is 19.3. The van der Waals surface area contributed by atoms with Crippen molar-refractivity contribution in [2.45, 2.75) is 50.3 Å². The summed E-state index contributed by atoms with van der Waals surface area (Å²) in [4.78, 5) is 13.4. The molecule has 4 heteroatoms. The lowest BCUT2D eigenvalue weighted by Crippen LogP contribution is -2.39. The van der Waals surface area contributed by atoms with Crippen molar-refractivity contribution in [3.8, 4) is 0 Å². The fourth-order valence-corrected chi connectivity index (χ4v) is 4.07. The molecule has 2 heterocycles. The number of hydrogen-bond acceptors (Lipinski definition) is 3. The molecule has 90 valence electrons. The molecule has 1 saturated carbocycles. The van der Waals surface area contributed by atoms with Gasteiger partial charge >= 0.3 is 5.97 Å². The lowest BCUT2D eigenvalue weighted by molar-refractivity contribution is -0.144. The Morgan fingerprint density at radius 2 is 2.00 bits per heavy atom. The number of carboxylic acid groups (broad SMARTS) is 1. The van der Waals surface area contributed by atoms with Crippen LogP contribution in [0.5, 0.6) is 0 Å². The molecule has 2 N–H and O–H groups in total. The summed E-state index contributed by atoms with van der Waals surface area (Å²) in [5.41, 5.74) is 0. The Bertz CT molecular complexity index is 307. The number of carbonyl (C=O) groups is 1. The highest BCUT2D eigenvalue weighted by Gasteiger charge is 2.52. The highest BCUT2D eigenvalue weighted by molar-refractivity contribution is 5.70. The van der Waals surface area contributed by atoms with E-state index in [9.17, 15) is 9.90 Å². The number of hydrogen-bond donors (Lipinski definition) is 2. The first-order chi connectivity index (χ1) is 7.68. The first-order valence-corrected chi connectivity index (χ1v) is 6.35. The molecule has 0 amide bonds. The van der Waals surface area contributed by atoms with E-state index < -0.39 is 5.97 Å². The van der Waals surface area contributed by atoms with Gasteiger partial charge in [-0.25, -0.2) is 0 Å². The summed E-state index contributed by atoms with van der Waals surface area (Å²) in [6, 6.07) is 0.778. The van der Waals surface area contributed by atoms with Crippen molar-refractivity contribution in [3.05, 3.63) is 0 Å². The molecule has 2 aliphatic heterocycles. The first-order valence-electron chi connectivity index (χ1n) is 6.35. The van der Waals surface area contributed by atoms with Crippen LogP contribution in [0.15, 0.2) is 0 Å². The zero-order valence-corrected chi connectivity index (χ0v) is 9.38. The van der Waals surface area contributed by atoms with Gasteiger partial charge in [0.2, 0.25) is 0 Å². The quantitative estimate of drug-likeness (QED) is 0.689. The van der Waals surface area contributed by atoms with Crippen LogP contribution in [-0.4, -0.2) is 45.8 Å². The van der Waals surface area contributed by atoms with Crippen LogP contribution in [0.3, 0.4) is 0 Å². The van der Waals surface area contributed by atoms with Crippen LogP contribution in [0.1, 0.15) is 32.1 Å². The lowest BCUT2D eigenvalue weighted by atomic mass is 9.76. The molecule has 3 aliphatic rings. The Labute approximate surface area is 95.2 Å². The molecule has 0 aromatic rings. The number of aliphatic hydroxyl groups excluding tert-OH is 1. The third-order valence-corrected chi connectivity index (χ3v) is 4.81.